The largest absolute Gasteiger partial charge is 0.356 e. The number of likely N-dealkylation sites (N-methyl/N-ethyl adjacent to an activating group) is 1. The molecule has 1 aromatic heterocycles. The standard InChI is InChI=1S/C17H32N6S/c1-14-15(2)24-16(21-14)13-20-17(18-3)19-7-5-9-23-10-6-8-22(4)11-12-23/h5-13H2,1-4H3,(H2,18,19,20). The molecule has 2 N–H and O–H groups in total. The molecule has 24 heavy (non-hydrogen) atoms. The third-order valence-electron chi connectivity index (χ3n) is 4.46. The average molecular weight is 353 g/mol. The number of nitrogens with zero attached hydrogens (tertiary/aromatic N) is 4. The lowest BCUT2D eigenvalue weighted by molar-refractivity contribution is 0.274. The molecule has 1 aliphatic rings. The molecule has 1 saturated heterocycles. The van der Waals surface area contributed by atoms with Crippen molar-refractivity contribution in [3.05, 3.63) is 15.6 Å². The number of aliphatic imine (C=N–C) groups is 1. The highest BCUT2D eigenvalue weighted by Crippen LogP contribution is 2.15. The Balaban J connectivity index is 1.63. The van der Waals surface area contributed by atoms with Gasteiger partial charge < -0.3 is 20.4 Å². The van der Waals surface area contributed by atoms with E-state index in [0.29, 0.717) is 0 Å². The van der Waals surface area contributed by atoms with Gasteiger partial charge >= 0.3 is 0 Å². The predicted octanol–water partition coefficient (Wildman–Crippen LogP) is 1.45. The van der Waals surface area contributed by atoms with Crippen LogP contribution in [0.1, 0.15) is 28.4 Å². The summed E-state index contributed by atoms with van der Waals surface area (Å²) in [5.74, 6) is 0.858. The SMILES string of the molecule is CN=C(NCCCN1CCCN(C)CC1)NCc1nc(C)c(C)s1. The second-order valence-electron chi connectivity index (χ2n) is 6.45. The fourth-order valence-corrected chi connectivity index (χ4v) is 3.70. The highest BCUT2D eigenvalue weighted by molar-refractivity contribution is 7.11. The summed E-state index contributed by atoms with van der Waals surface area (Å²) >= 11 is 1.75. The zero-order valence-electron chi connectivity index (χ0n) is 15.6. The molecular formula is C17H32N6S. The maximum Gasteiger partial charge on any atom is 0.191 e. The van der Waals surface area contributed by atoms with E-state index in [1.165, 1.54) is 37.5 Å². The minimum absolute atomic E-state index is 0.734. The minimum atomic E-state index is 0.734. The monoisotopic (exact) mass is 352 g/mol. The van der Waals surface area contributed by atoms with Crippen LogP contribution in [0.25, 0.3) is 0 Å². The van der Waals surface area contributed by atoms with Gasteiger partial charge in [-0.2, -0.15) is 0 Å². The zero-order valence-corrected chi connectivity index (χ0v) is 16.4. The van der Waals surface area contributed by atoms with E-state index in [2.05, 4.69) is 51.3 Å². The molecule has 0 aliphatic carbocycles. The molecule has 2 heterocycles. The van der Waals surface area contributed by atoms with E-state index in [1.54, 1.807) is 11.3 Å². The van der Waals surface area contributed by atoms with Crippen LogP contribution >= 0.6 is 11.3 Å². The summed E-state index contributed by atoms with van der Waals surface area (Å²) < 4.78 is 0. The molecule has 0 bridgehead atoms. The van der Waals surface area contributed by atoms with Gasteiger partial charge in [-0.25, -0.2) is 4.98 Å². The number of thiazole rings is 1. The smallest absolute Gasteiger partial charge is 0.191 e. The molecule has 1 fully saturated rings. The molecular weight excluding hydrogens is 320 g/mol. The van der Waals surface area contributed by atoms with Crippen molar-refractivity contribution >= 4 is 17.3 Å². The Morgan fingerprint density at radius 2 is 2.04 bits per heavy atom. The van der Waals surface area contributed by atoms with Crippen molar-refractivity contribution in [3.63, 3.8) is 0 Å². The van der Waals surface area contributed by atoms with Gasteiger partial charge in [0.2, 0.25) is 0 Å². The maximum atomic E-state index is 4.55. The molecule has 1 aliphatic heterocycles. The van der Waals surface area contributed by atoms with Gasteiger partial charge in [-0.3, -0.25) is 4.99 Å². The van der Waals surface area contributed by atoms with Gasteiger partial charge in [0.25, 0.3) is 0 Å². The molecule has 0 saturated carbocycles. The first-order chi connectivity index (χ1) is 11.6. The summed E-state index contributed by atoms with van der Waals surface area (Å²) in [6.07, 6.45) is 2.42. The van der Waals surface area contributed by atoms with E-state index >= 15 is 0 Å². The van der Waals surface area contributed by atoms with Crippen LogP contribution in [-0.4, -0.2) is 74.1 Å². The second-order valence-corrected chi connectivity index (χ2v) is 7.74. The van der Waals surface area contributed by atoms with Crippen molar-refractivity contribution in [2.75, 3.05) is 53.4 Å². The number of nitrogens with one attached hydrogen (secondary N) is 2. The molecule has 136 valence electrons. The molecule has 0 radical (unpaired) electrons. The molecule has 1 aromatic rings. The first-order valence-corrected chi connectivity index (χ1v) is 9.68. The Morgan fingerprint density at radius 3 is 2.75 bits per heavy atom. The van der Waals surface area contributed by atoms with Crippen molar-refractivity contribution < 1.29 is 0 Å². The Bertz CT molecular complexity index is 508. The summed E-state index contributed by atoms with van der Waals surface area (Å²) in [7, 11) is 4.03. The van der Waals surface area contributed by atoms with Crippen LogP contribution in [0.3, 0.4) is 0 Å². The van der Waals surface area contributed by atoms with Crippen LogP contribution in [0.5, 0.6) is 0 Å². The van der Waals surface area contributed by atoms with E-state index in [1.807, 2.05) is 7.05 Å². The number of aryl methyl sites for hydroxylation is 2. The van der Waals surface area contributed by atoms with Crippen LogP contribution in [0, 0.1) is 13.8 Å². The molecule has 7 heteroatoms. The lowest BCUT2D eigenvalue weighted by Crippen LogP contribution is -2.38. The quantitative estimate of drug-likeness (QED) is 0.461. The highest BCUT2D eigenvalue weighted by atomic mass is 32.1. The number of hydrogen-bond donors (Lipinski definition) is 2. The van der Waals surface area contributed by atoms with E-state index in [4.69, 9.17) is 0 Å². The Hall–Kier alpha value is -1.18. The highest BCUT2D eigenvalue weighted by Gasteiger charge is 2.11. The van der Waals surface area contributed by atoms with Crippen LogP contribution in [0.15, 0.2) is 4.99 Å². The minimum Gasteiger partial charge on any atom is -0.356 e. The molecule has 0 aromatic carbocycles. The third kappa shape index (κ3) is 6.37. The Kier molecular flexibility index (Phi) is 7.94. The number of hydrogen-bond acceptors (Lipinski definition) is 5. The second kappa shape index (κ2) is 9.96. The average Bonchev–Trinajstić information content (AvgIpc) is 2.75. The van der Waals surface area contributed by atoms with Crippen LogP contribution in [0.2, 0.25) is 0 Å². The van der Waals surface area contributed by atoms with E-state index in [0.717, 1.165) is 42.7 Å². The first kappa shape index (κ1) is 19.1. The van der Waals surface area contributed by atoms with Crippen molar-refractivity contribution in [3.8, 4) is 0 Å². The van der Waals surface area contributed by atoms with Gasteiger partial charge in [0.1, 0.15) is 5.01 Å². The van der Waals surface area contributed by atoms with Crippen LogP contribution in [0.4, 0.5) is 0 Å². The lowest BCUT2D eigenvalue weighted by Gasteiger charge is -2.20. The maximum absolute atomic E-state index is 4.55. The van der Waals surface area contributed by atoms with Gasteiger partial charge in [-0.1, -0.05) is 0 Å². The van der Waals surface area contributed by atoms with Crippen LogP contribution < -0.4 is 10.6 Å². The van der Waals surface area contributed by atoms with Crippen molar-refractivity contribution in [2.24, 2.45) is 4.99 Å². The molecule has 6 nitrogen and oxygen atoms in total. The summed E-state index contributed by atoms with van der Waals surface area (Å²) in [4.78, 5) is 15.1. The van der Waals surface area contributed by atoms with E-state index < -0.39 is 0 Å². The fourth-order valence-electron chi connectivity index (χ4n) is 2.83. The normalized spacial score (nSPS) is 17.8. The van der Waals surface area contributed by atoms with E-state index in [-0.39, 0.29) is 0 Å². The molecule has 0 atom stereocenters. The summed E-state index contributed by atoms with van der Waals surface area (Å²) in [5.41, 5.74) is 1.13. The van der Waals surface area contributed by atoms with Gasteiger partial charge in [0.05, 0.1) is 12.2 Å². The predicted molar refractivity (Wildman–Crippen MR) is 103 cm³/mol. The third-order valence-corrected chi connectivity index (χ3v) is 5.53. The molecule has 0 unspecified atom stereocenters. The zero-order chi connectivity index (χ0) is 17.4. The van der Waals surface area contributed by atoms with Crippen molar-refractivity contribution in [1.29, 1.82) is 0 Å². The van der Waals surface area contributed by atoms with E-state index in [9.17, 15) is 0 Å². The topological polar surface area (TPSA) is 55.8 Å². The Morgan fingerprint density at radius 1 is 1.21 bits per heavy atom. The fraction of sp³-hybridized carbons (Fsp3) is 0.765. The van der Waals surface area contributed by atoms with Gasteiger partial charge in [-0.15, -0.1) is 11.3 Å². The number of aromatic nitrogens is 1. The van der Waals surface area contributed by atoms with Gasteiger partial charge in [0.15, 0.2) is 5.96 Å². The number of rotatable bonds is 6. The van der Waals surface area contributed by atoms with Gasteiger partial charge in [0, 0.05) is 31.6 Å². The molecule has 0 amide bonds. The van der Waals surface area contributed by atoms with Crippen LogP contribution in [-0.2, 0) is 6.54 Å². The van der Waals surface area contributed by atoms with Gasteiger partial charge in [-0.05, 0) is 53.4 Å². The summed E-state index contributed by atoms with van der Waals surface area (Å²) in [5, 5.41) is 7.86. The lowest BCUT2D eigenvalue weighted by atomic mass is 10.3. The van der Waals surface area contributed by atoms with Crippen molar-refractivity contribution in [1.82, 2.24) is 25.4 Å². The molecule has 2 rings (SSSR count). The summed E-state index contributed by atoms with van der Waals surface area (Å²) in [6, 6.07) is 0. The number of guanidine groups is 1. The Labute approximate surface area is 150 Å². The van der Waals surface area contributed by atoms with Crippen molar-refractivity contribution in [2.45, 2.75) is 33.2 Å². The molecule has 0 spiro atoms. The first-order valence-electron chi connectivity index (χ1n) is 8.87. The summed E-state index contributed by atoms with van der Waals surface area (Å²) in [6.45, 7) is 11.8.